The molecule has 1 aliphatic heterocycles. The van der Waals surface area contributed by atoms with E-state index in [4.69, 9.17) is 9.84 Å². The summed E-state index contributed by atoms with van der Waals surface area (Å²) in [6.45, 7) is 7.59. The minimum atomic E-state index is -0.962. The molecule has 0 unspecified atom stereocenters. The lowest BCUT2D eigenvalue weighted by atomic mass is 9.92. The highest BCUT2D eigenvalue weighted by atomic mass is 19.1. The monoisotopic (exact) mass is 427 g/mol. The van der Waals surface area contributed by atoms with Crippen molar-refractivity contribution in [2.75, 3.05) is 0 Å². The molecule has 1 fully saturated rings. The van der Waals surface area contributed by atoms with E-state index in [1.165, 1.54) is 12.1 Å². The standard InChI is InChI=1S/C25H30FNO4/c1-16(18-9-11-20(26)12-10-18)22-14-13-21(27(22)24(30)31-25(2,3)4)15-17-5-7-19(8-6-17)23(28)29/h5-12,16,21-22H,13-15H2,1-4H3,(H,28,29)/t16-,21+,22-/m1/s1. The first kappa shape index (κ1) is 22.8. The number of amides is 1. The van der Waals surface area contributed by atoms with Crippen molar-refractivity contribution in [3.05, 3.63) is 71.0 Å². The summed E-state index contributed by atoms with van der Waals surface area (Å²) in [7, 11) is 0. The summed E-state index contributed by atoms with van der Waals surface area (Å²) >= 11 is 0. The third-order valence-electron chi connectivity index (χ3n) is 5.80. The molecule has 2 aromatic carbocycles. The van der Waals surface area contributed by atoms with Crippen LogP contribution >= 0.6 is 0 Å². The molecule has 3 atom stereocenters. The van der Waals surface area contributed by atoms with Gasteiger partial charge in [0.1, 0.15) is 11.4 Å². The molecule has 1 N–H and O–H groups in total. The van der Waals surface area contributed by atoms with E-state index in [2.05, 4.69) is 6.92 Å². The van der Waals surface area contributed by atoms with Crippen LogP contribution in [-0.2, 0) is 11.2 Å². The van der Waals surface area contributed by atoms with E-state index in [1.54, 1.807) is 36.4 Å². The highest BCUT2D eigenvalue weighted by molar-refractivity contribution is 5.87. The Hall–Kier alpha value is -2.89. The lowest BCUT2D eigenvalue weighted by molar-refractivity contribution is 0.0126. The van der Waals surface area contributed by atoms with Gasteiger partial charge >= 0.3 is 12.1 Å². The van der Waals surface area contributed by atoms with Crippen LogP contribution in [0.3, 0.4) is 0 Å². The van der Waals surface area contributed by atoms with E-state index in [-0.39, 0.29) is 35.5 Å². The first-order valence-corrected chi connectivity index (χ1v) is 10.6. The number of rotatable bonds is 5. The topological polar surface area (TPSA) is 66.8 Å². The maximum absolute atomic E-state index is 13.4. The molecule has 0 spiro atoms. The minimum absolute atomic E-state index is 0.0208. The predicted molar refractivity (Wildman–Crippen MR) is 117 cm³/mol. The Bertz CT molecular complexity index is 918. The Morgan fingerprint density at radius 2 is 1.71 bits per heavy atom. The zero-order chi connectivity index (χ0) is 22.8. The third-order valence-corrected chi connectivity index (χ3v) is 5.80. The molecular weight excluding hydrogens is 397 g/mol. The number of carboxylic acids is 1. The average molecular weight is 428 g/mol. The molecule has 31 heavy (non-hydrogen) atoms. The number of hydrogen-bond donors (Lipinski definition) is 1. The number of aromatic carboxylic acids is 1. The Labute approximate surface area is 182 Å². The van der Waals surface area contributed by atoms with Gasteiger partial charge in [-0.15, -0.1) is 0 Å². The fraction of sp³-hybridized carbons (Fsp3) is 0.440. The predicted octanol–water partition coefficient (Wildman–Crippen LogP) is 5.64. The fourth-order valence-corrected chi connectivity index (χ4v) is 4.25. The van der Waals surface area contributed by atoms with Crippen molar-refractivity contribution < 1.29 is 23.8 Å². The maximum Gasteiger partial charge on any atom is 0.410 e. The summed E-state index contributed by atoms with van der Waals surface area (Å²) in [6, 6.07) is 13.1. The maximum atomic E-state index is 13.4. The van der Waals surface area contributed by atoms with Crippen molar-refractivity contribution >= 4 is 12.1 Å². The van der Waals surface area contributed by atoms with Gasteiger partial charge in [-0.25, -0.2) is 14.0 Å². The first-order chi connectivity index (χ1) is 14.5. The first-order valence-electron chi connectivity index (χ1n) is 10.6. The molecular formula is C25H30FNO4. The highest BCUT2D eigenvalue weighted by Gasteiger charge is 2.41. The number of hydrogen-bond acceptors (Lipinski definition) is 3. The van der Waals surface area contributed by atoms with Gasteiger partial charge in [0, 0.05) is 18.0 Å². The van der Waals surface area contributed by atoms with Crippen molar-refractivity contribution in [3.63, 3.8) is 0 Å². The number of benzene rings is 2. The molecule has 1 heterocycles. The normalized spacial score (nSPS) is 19.8. The quantitative estimate of drug-likeness (QED) is 0.671. The Morgan fingerprint density at radius 1 is 1.10 bits per heavy atom. The summed E-state index contributed by atoms with van der Waals surface area (Å²) in [5.74, 6) is -1.22. The Balaban J connectivity index is 1.84. The van der Waals surface area contributed by atoms with E-state index < -0.39 is 11.6 Å². The molecule has 0 bridgehead atoms. The summed E-state index contributed by atoms with van der Waals surface area (Å²) in [6.07, 6.45) is 1.90. The lowest BCUT2D eigenvalue weighted by Crippen LogP contribution is -2.46. The molecule has 3 rings (SSSR count). The molecule has 5 nitrogen and oxygen atoms in total. The molecule has 0 aromatic heterocycles. The van der Waals surface area contributed by atoms with Gasteiger partial charge in [-0.3, -0.25) is 0 Å². The number of nitrogens with zero attached hydrogens (tertiary/aromatic N) is 1. The molecule has 1 aliphatic rings. The Morgan fingerprint density at radius 3 is 2.26 bits per heavy atom. The van der Waals surface area contributed by atoms with Gasteiger partial charge in [-0.05, 0) is 75.4 Å². The molecule has 1 amide bonds. The van der Waals surface area contributed by atoms with Crippen molar-refractivity contribution in [1.82, 2.24) is 4.90 Å². The summed E-state index contributed by atoms with van der Waals surface area (Å²) in [5, 5.41) is 9.11. The van der Waals surface area contributed by atoms with Gasteiger partial charge in [-0.2, -0.15) is 0 Å². The van der Waals surface area contributed by atoms with Crippen LogP contribution < -0.4 is 0 Å². The number of ether oxygens (including phenoxy) is 1. The van der Waals surface area contributed by atoms with Gasteiger partial charge in [0.2, 0.25) is 0 Å². The van der Waals surface area contributed by atoms with Crippen LogP contribution in [-0.4, -0.2) is 39.8 Å². The highest BCUT2D eigenvalue weighted by Crippen LogP contribution is 2.37. The zero-order valence-corrected chi connectivity index (χ0v) is 18.5. The van der Waals surface area contributed by atoms with E-state index in [0.29, 0.717) is 6.42 Å². The number of carbonyl (C=O) groups is 2. The second-order valence-electron chi connectivity index (χ2n) is 9.23. The van der Waals surface area contributed by atoms with Crippen LogP contribution in [0.5, 0.6) is 0 Å². The van der Waals surface area contributed by atoms with Crippen LogP contribution in [0.2, 0.25) is 0 Å². The largest absolute Gasteiger partial charge is 0.478 e. The molecule has 0 aliphatic carbocycles. The van der Waals surface area contributed by atoms with E-state index >= 15 is 0 Å². The number of likely N-dealkylation sites (tertiary alicyclic amines) is 1. The van der Waals surface area contributed by atoms with Crippen molar-refractivity contribution in [2.45, 2.75) is 70.6 Å². The summed E-state index contributed by atoms with van der Waals surface area (Å²) < 4.78 is 19.1. The molecule has 0 radical (unpaired) electrons. The van der Waals surface area contributed by atoms with E-state index in [9.17, 15) is 14.0 Å². The van der Waals surface area contributed by atoms with Crippen LogP contribution in [0, 0.1) is 5.82 Å². The molecule has 166 valence electrons. The molecule has 6 heteroatoms. The lowest BCUT2D eigenvalue weighted by Gasteiger charge is -2.35. The van der Waals surface area contributed by atoms with Gasteiger partial charge in [-0.1, -0.05) is 31.2 Å². The molecule has 1 saturated heterocycles. The van der Waals surface area contributed by atoms with Crippen LogP contribution in [0.15, 0.2) is 48.5 Å². The van der Waals surface area contributed by atoms with Gasteiger partial charge in [0.05, 0.1) is 5.56 Å². The average Bonchev–Trinajstić information content (AvgIpc) is 3.11. The van der Waals surface area contributed by atoms with Gasteiger partial charge in [0.25, 0.3) is 0 Å². The third kappa shape index (κ3) is 5.63. The van der Waals surface area contributed by atoms with Crippen molar-refractivity contribution in [1.29, 1.82) is 0 Å². The SMILES string of the molecule is C[C@H](c1ccc(F)cc1)[C@H]1CC[C@@H](Cc2ccc(C(=O)O)cc2)N1C(=O)OC(C)(C)C. The minimum Gasteiger partial charge on any atom is -0.478 e. The van der Waals surface area contributed by atoms with Crippen LogP contribution in [0.1, 0.15) is 67.9 Å². The van der Waals surface area contributed by atoms with Crippen LogP contribution in [0.4, 0.5) is 9.18 Å². The Kier molecular flexibility index (Phi) is 6.68. The smallest absolute Gasteiger partial charge is 0.410 e. The fourth-order valence-electron chi connectivity index (χ4n) is 4.25. The van der Waals surface area contributed by atoms with E-state index in [1.807, 2.05) is 25.7 Å². The zero-order valence-electron chi connectivity index (χ0n) is 18.5. The van der Waals surface area contributed by atoms with Gasteiger partial charge in [0.15, 0.2) is 0 Å². The van der Waals surface area contributed by atoms with Gasteiger partial charge < -0.3 is 14.7 Å². The molecule has 0 saturated carbocycles. The summed E-state index contributed by atoms with van der Waals surface area (Å²) in [4.78, 5) is 26.1. The second kappa shape index (κ2) is 9.08. The summed E-state index contributed by atoms with van der Waals surface area (Å²) in [5.41, 5.74) is 1.57. The van der Waals surface area contributed by atoms with Crippen molar-refractivity contribution in [3.8, 4) is 0 Å². The number of halogens is 1. The molecule has 2 aromatic rings. The van der Waals surface area contributed by atoms with Crippen LogP contribution in [0.25, 0.3) is 0 Å². The second-order valence-corrected chi connectivity index (χ2v) is 9.23. The number of carboxylic acid groups (broad SMARTS) is 1. The number of carbonyl (C=O) groups excluding carboxylic acids is 1. The van der Waals surface area contributed by atoms with E-state index in [0.717, 1.165) is 24.0 Å². The van der Waals surface area contributed by atoms with Crippen molar-refractivity contribution in [2.24, 2.45) is 0 Å².